The van der Waals surface area contributed by atoms with Crippen molar-refractivity contribution >= 4 is 28.1 Å². The van der Waals surface area contributed by atoms with Crippen molar-refractivity contribution in [2.24, 2.45) is 0 Å². The summed E-state index contributed by atoms with van der Waals surface area (Å²) in [6.45, 7) is 3.39. The molecule has 0 aliphatic carbocycles. The zero-order chi connectivity index (χ0) is 18.0. The first-order valence-electron chi connectivity index (χ1n) is 7.92. The third kappa shape index (κ3) is 3.10. The predicted octanol–water partition coefficient (Wildman–Crippen LogP) is 3.22. The quantitative estimate of drug-likeness (QED) is 0.502. The Hall–Kier alpha value is -3.16. The molecule has 8 nitrogen and oxygen atoms in total. The van der Waals surface area contributed by atoms with E-state index in [0.29, 0.717) is 24.3 Å². The van der Waals surface area contributed by atoms with E-state index in [9.17, 15) is 10.1 Å². The number of hydrogen-bond donors (Lipinski definition) is 0. The second-order valence-corrected chi connectivity index (χ2v) is 5.88. The molecule has 3 rings (SSSR count). The molecule has 0 fully saturated rings. The van der Waals surface area contributed by atoms with Crippen LogP contribution in [0.1, 0.15) is 12.5 Å². The fraction of sp³-hybridized carbons (Fsp3) is 0.294. The molecule has 1 aromatic heterocycles. The summed E-state index contributed by atoms with van der Waals surface area (Å²) in [5, 5.41) is 19.2. The highest BCUT2D eigenvalue weighted by molar-refractivity contribution is 5.99. The summed E-state index contributed by atoms with van der Waals surface area (Å²) in [7, 11) is 3.53. The third-order valence-electron chi connectivity index (χ3n) is 4.07. The fourth-order valence-corrected chi connectivity index (χ4v) is 2.83. The van der Waals surface area contributed by atoms with Crippen LogP contribution in [0.3, 0.4) is 0 Å². The largest absolute Gasteiger partial charge is 0.372 e. The number of nitro groups is 1. The number of nitrogens with zero attached hydrogens (tertiary/aromatic N) is 5. The summed E-state index contributed by atoms with van der Waals surface area (Å²) in [6.07, 6.45) is 0. The zero-order valence-electron chi connectivity index (χ0n) is 14.3. The van der Waals surface area contributed by atoms with Crippen LogP contribution in [0.2, 0.25) is 0 Å². The van der Waals surface area contributed by atoms with E-state index < -0.39 is 4.92 Å². The Kier molecular flexibility index (Phi) is 4.51. The van der Waals surface area contributed by atoms with Crippen LogP contribution < -0.4 is 9.80 Å². The summed E-state index contributed by atoms with van der Waals surface area (Å²) < 4.78 is 4.83. The van der Waals surface area contributed by atoms with Crippen LogP contribution in [0.4, 0.5) is 17.1 Å². The highest BCUT2D eigenvalue weighted by atomic mass is 16.6. The lowest BCUT2D eigenvalue weighted by atomic mass is 10.1. The van der Waals surface area contributed by atoms with Crippen molar-refractivity contribution in [3.8, 4) is 0 Å². The van der Waals surface area contributed by atoms with E-state index in [1.807, 2.05) is 37.3 Å². The van der Waals surface area contributed by atoms with Gasteiger partial charge in [-0.25, -0.2) is 4.63 Å². The van der Waals surface area contributed by atoms with Gasteiger partial charge >= 0.3 is 5.69 Å². The van der Waals surface area contributed by atoms with Crippen molar-refractivity contribution in [1.82, 2.24) is 10.3 Å². The van der Waals surface area contributed by atoms with Crippen LogP contribution in [-0.4, -0.2) is 35.9 Å². The van der Waals surface area contributed by atoms with Crippen molar-refractivity contribution < 1.29 is 9.55 Å². The Bertz CT molecular complexity index is 892. The van der Waals surface area contributed by atoms with Crippen molar-refractivity contribution in [1.29, 1.82) is 0 Å². The SMILES string of the molecule is CCN(Cc1ccccc1)c1cc(N(C)C)c([N+](=O)[O-])c2nonc12. The number of fused-ring (bicyclic) bond motifs is 1. The minimum atomic E-state index is -0.445. The molecule has 0 radical (unpaired) electrons. The molecule has 3 aromatic rings. The minimum Gasteiger partial charge on any atom is -0.372 e. The van der Waals surface area contributed by atoms with E-state index in [1.165, 1.54) is 0 Å². The lowest BCUT2D eigenvalue weighted by Gasteiger charge is -2.25. The molecule has 0 saturated carbocycles. The summed E-state index contributed by atoms with van der Waals surface area (Å²) in [5.74, 6) is 0. The molecule has 0 aliphatic rings. The first kappa shape index (κ1) is 16.7. The topological polar surface area (TPSA) is 88.5 Å². The molecule has 0 saturated heterocycles. The average molecular weight is 341 g/mol. The molecular weight excluding hydrogens is 322 g/mol. The molecule has 0 N–H and O–H groups in total. The van der Waals surface area contributed by atoms with Gasteiger partial charge < -0.3 is 9.80 Å². The van der Waals surface area contributed by atoms with Gasteiger partial charge in [0, 0.05) is 27.2 Å². The van der Waals surface area contributed by atoms with Crippen molar-refractivity contribution in [2.75, 3.05) is 30.4 Å². The molecular formula is C17H19N5O3. The van der Waals surface area contributed by atoms with Gasteiger partial charge in [0.05, 0.1) is 10.6 Å². The van der Waals surface area contributed by atoms with Crippen LogP contribution >= 0.6 is 0 Å². The Balaban J connectivity index is 2.16. The molecule has 0 bridgehead atoms. The molecule has 8 heteroatoms. The Morgan fingerprint density at radius 2 is 1.80 bits per heavy atom. The summed E-state index contributed by atoms with van der Waals surface area (Å²) >= 11 is 0. The Labute approximate surface area is 144 Å². The molecule has 0 aliphatic heterocycles. The number of hydrogen-bond acceptors (Lipinski definition) is 7. The van der Waals surface area contributed by atoms with E-state index >= 15 is 0 Å². The molecule has 25 heavy (non-hydrogen) atoms. The number of anilines is 2. The van der Waals surface area contributed by atoms with Gasteiger partial charge in [-0.05, 0) is 28.9 Å². The van der Waals surface area contributed by atoms with Crippen LogP contribution in [0.5, 0.6) is 0 Å². The van der Waals surface area contributed by atoms with Gasteiger partial charge in [0.1, 0.15) is 5.69 Å². The summed E-state index contributed by atoms with van der Waals surface area (Å²) in [4.78, 5) is 14.9. The molecule has 0 unspecified atom stereocenters. The summed E-state index contributed by atoms with van der Waals surface area (Å²) in [5.41, 5.74) is 2.83. The Morgan fingerprint density at radius 3 is 2.40 bits per heavy atom. The fourth-order valence-electron chi connectivity index (χ4n) is 2.83. The normalized spacial score (nSPS) is 10.8. The smallest absolute Gasteiger partial charge is 0.323 e. The highest BCUT2D eigenvalue weighted by Gasteiger charge is 2.28. The number of nitro benzene ring substituents is 1. The standard InChI is InChI=1S/C17H19N5O3/c1-4-21(11-12-8-6-5-7-9-12)13-10-14(20(2)3)17(22(23)24)16-15(13)18-25-19-16/h5-10H,4,11H2,1-3H3. The van der Waals surface area contributed by atoms with Crippen molar-refractivity contribution in [3.63, 3.8) is 0 Å². The Morgan fingerprint density at radius 1 is 1.12 bits per heavy atom. The first-order chi connectivity index (χ1) is 12.0. The second kappa shape index (κ2) is 6.76. The van der Waals surface area contributed by atoms with E-state index in [1.54, 1.807) is 25.1 Å². The summed E-state index contributed by atoms with van der Waals surface area (Å²) in [6, 6.07) is 11.8. The monoisotopic (exact) mass is 341 g/mol. The van der Waals surface area contributed by atoms with E-state index in [2.05, 4.69) is 15.2 Å². The van der Waals surface area contributed by atoms with Gasteiger partial charge in [0.25, 0.3) is 0 Å². The van der Waals surface area contributed by atoms with Crippen LogP contribution in [-0.2, 0) is 6.54 Å². The van der Waals surface area contributed by atoms with Crippen LogP contribution in [0, 0.1) is 10.1 Å². The molecule has 130 valence electrons. The van der Waals surface area contributed by atoms with E-state index in [-0.39, 0.29) is 11.2 Å². The van der Waals surface area contributed by atoms with Crippen molar-refractivity contribution in [2.45, 2.75) is 13.5 Å². The first-order valence-corrected chi connectivity index (χ1v) is 7.92. The van der Waals surface area contributed by atoms with Crippen LogP contribution in [0.25, 0.3) is 11.0 Å². The van der Waals surface area contributed by atoms with E-state index in [0.717, 1.165) is 11.3 Å². The maximum atomic E-state index is 11.5. The van der Waals surface area contributed by atoms with E-state index in [4.69, 9.17) is 4.63 Å². The van der Waals surface area contributed by atoms with Gasteiger partial charge in [-0.1, -0.05) is 30.3 Å². The second-order valence-electron chi connectivity index (χ2n) is 5.88. The highest BCUT2D eigenvalue weighted by Crippen LogP contribution is 2.39. The van der Waals surface area contributed by atoms with Crippen LogP contribution in [0.15, 0.2) is 41.0 Å². The molecule has 0 atom stereocenters. The molecule has 1 heterocycles. The van der Waals surface area contributed by atoms with Gasteiger partial charge in [0.2, 0.25) is 5.52 Å². The maximum absolute atomic E-state index is 11.5. The van der Waals surface area contributed by atoms with Gasteiger partial charge in [-0.15, -0.1) is 0 Å². The number of rotatable bonds is 6. The molecule has 2 aromatic carbocycles. The zero-order valence-corrected chi connectivity index (χ0v) is 14.3. The lowest BCUT2D eigenvalue weighted by Crippen LogP contribution is -2.23. The number of aromatic nitrogens is 2. The molecule has 0 amide bonds. The average Bonchev–Trinajstić information content (AvgIpc) is 3.08. The van der Waals surface area contributed by atoms with Gasteiger partial charge in [-0.2, -0.15) is 0 Å². The predicted molar refractivity (Wildman–Crippen MR) is 96.0 cm³/mol. The van der Waals surface area contributed by atoms with Crippen molar-refractivity contribution in [3.05, 3.63) is 52.1 Å². The lowest BCUT2D eigenvalue weighted by molar-refractivity contribution is -0.382. The molecule has 0 spiro atoms. The minimum absolute atomic E-state index is 0.0965. The number of benzene rings is 2. The van der Waals surface area contributed by atoms with Gasteiger partial charge in [0.15, 0.2) is 5.52 Å². The third-order valence-corrected chi connectivity index (χ3v) is 4.07. The maximum Gasteiger partial charge on any atom is 0.323 e. The van der Waals surface area contributed by atoms with Gasteiger partial charge in [-0.3, -0.25) is 10.1 Å².